The van der Waals surface area contributed by atoms with Crippen molar-refractivity contribution in [2.75, 3.05) is 6.54 Å². The summed E-state index contributed by atoms with van der Waals surface area (Å²) in [5, 5.41) is 11.7. The third-order valence-electron chi connectivity index (χ3n) is 1.46. The van der Waals surface area contributed by atoms with Crippen LogP contribution in [0.15, 0.2) is 0 Å². The molecule has 1 amide bonds. The first kappa shape index (κ1) is 10.4. The van der Waals surface area contributed by atoms with Crippen molar-refractivity contribution < 1.29 is 9.90 Å². The summed E-state index contributed by atoms with van der Waals surface area (Å²) in [6, 6.07) is 0. The van der Waals surface area contributed by atoms with Gasteiger partial charge >= 0.3 is 0 Å². The molecular formula is C7H16N2O2. The minimum Gasteiger partial charge on any atom is -0.392 e. The lowest BCUT2D eigenvalue weighted by molar-refractivity contribution is -0.123. The Balaban J connectivity index is 3.83. The number of hydrogen-bond donors (Lipinski definition) is 3. The summed E-state index contributed by atoms with van der Waals surface area (Å²) in [5.41, 5.74) is 4.33. The molecule has 0 aliphatic heterocycles. The highest BCUT2D eigenvalue weighted by Crippen LogP contribution is 1.99. The molecule has 0 radical (unpaired) electrons. The predicted molar refractivity (Wildman–Crippen MR) is 43.0 cm³/mol. The maximum Gasteiger partial charge on any atom is 0.237 e. The molecule has 0 aromatic rings. The second-order valence-electron chi connectivity index (χ2n) is 3.22. The van der Waals surface area contributed by atoms with Crippen LogP contribution >= 0.6 is 0 Å². The number of β-amino-alcohol motifs (C(OH)–C–C–N with tert-alkyl or cyclic N) is 1. The topological polar surface area (TPSA) is 75.3 Å². The summed E-state index contributed by atoms with van der Waals surface area (Å²) >= 11 is 0. The number of carbonyl (C=O) groups is 1. The van der Waals surface area contributed by atoms with Crippen molar-refractivity contribution in [2.45, 2.75) is 32.4 Å². The van der Waals surface area contributed by atoms with Crippen LogP contribution in [0.3, 0.4) is 0 Å². The first-order chi connectivity index (χ1) is 4.86. The van der Waals surface area contributed by atoms with Crippen molar-refractivity contribution >= 4 is 5.91 Å². The fourth-order valence-electron chi connectivity index (χ4n) is 0.490. The van der Waals surface area contributed by atoms with E-state index in [1.807, 2.05) is 0 Å². The average Bonchev–Trinajstić information content (AvgIpc) is 1.84. The van der Waals surface area contributed by atoms with Crippen molar-refractivity contribution in [3.05, 3.63) is 0 Å². The molecule has 0 saturated carbocycles. The van der Waals surface area contributed by atoms with E-state index in [9.17, 15) is 4.79 Å². The van der Waals surface area contributed by atoms with Gasteiger partial charge in [0.25, 0.3) is 0 Å². The summed E-state index contributed by atoms with van der Waals surface area (Å²) in [6.45, 7) is 5.37. The summed E-state index contributed by atoms with van der Waals surface area (Å²) < 4.78 is 0. The Morgan fingerprint density at radius 3 is 2.45 bits per heavy atom. The molecule has 0 aliphatic rings. The van der Waals surface area contributed by atoms with Gasteiger partial charge in [0.1, 0.15) is 0 Å². The lowest BCUT2D eigenvalue weighted by Crippen LogP contribution is -2.52. The van der Waals surface area contributed by atoms with E-state index in [4.69, 9.17) is 10.8 Å². The van der Waals surface area contributed by atoms with E-state index in [0.29, 0.717) is 6.54 Å². The van der Waals surface area contributed by atoms with Crippen LogP contribution in [-0.4, -0.2) is 29.2 Å². The molecule has 0 aromatic carbocycles. The number of carbonyl (C=O) groups excluding carboxylic acids is 1. The zero-order valence-electron chi connectivity index (χ0n) is 7.22. The van der Waals surface area contributed by atoms with Crippen molar-refractivity contribution in [3.63, 3.8) is 0 Å². The molecule has 0 rings (SSSR count). The second kappa shape index (κ2) is 3.69. The first-order valence-electron chi connectivity index (χ1n) is 3.59. The van der Waals surface area contributed by atoms with Crippen LogP contribution in [0, 0.1) is 0 Å². The second-order valence-corrected chi connectivity index (χ2v) is 3.22. The van der Waals surface area contributed by atoms with E-state index in [1.165, 1.54) is 0 Å². The minimum atomic E-state index is -0.739. The molecule has 0 saturated heterocycles. The molecule has 11 heavy (non-hydrogen) atoms. The summed E-state index contributed by atoms with van der Waals surface area (Å²) in [5.74, 6) is -0.418. The number of hydrogen-bond acceptors (Lipinski definition) is 3. The summed E-state index contributed by atoms with van der Waals surface area (Å²) in [4.78, 5) is 10.7. The van der Waals surface area contributed by atoms with Crippen LogP contribution in [0.25, 0.3) is 0 Å². The number of primary amides is 1. The van der Waals surface area contributed by atoms with Crippen LogP contribution in [0.1, 0.15) is 20.8 Å². The van der Waals surface area contributed by atoms with Gasteiger partial charge in [-0.2, -0.15) is 0 Å². The lowest BCUT2D eigenvalue weighted by Gasteiger charge is -2.22. The fraction of sp³-hybridized carbons (Fsp3) is 0.857. The Kier molecular flexibility index (Phi) is 3.48. The average molecular weight is 160 g/mol. The monoisotopic (exact) mass is 160 g/mol. The highest BCUT2D eigenvalue weighted by atomic mass is 16.3. The molecule has 0 aromatic heterocycles. The van der Waals surface area contributed by atoms with Crippen molar-refractivity contribution in [1.82, 2.24) is 5.32 Å². The standard InChI is InChI=1S/C7H16N2O2/c1-5(10)4-9-7(2,3)6(8)11/h5,9-10H,4H2,1-3H3,(H2,8,11)/t5-/m0/s1. The van der Waals surface area contributed by atoms with Crippen molar-refractivity contribution in [3.8, 4) is 0 Å². The lowest BCUT2D eigenvalue weighted by atomic mass is 10.1. The number of nitrogens with two attached hydrogens (primary N) is 1. The van der Waals surface area contributed by atoms with E-state index in [2.05, 4.69) is 5.32 Å². The number of aliphatic hydroxyl groups is 1. The Morgan fingerprint density at radius 1 is 1.73 bits per heavy atom. The maximum absolute atomic E-state index is 10.7. The zero-order chi connectivity index (χ0) is 9.07. The van der Waals surface area contributed by atoms with Crippen LogP contribution < -0.4 is 11.1 Å². The molecule has 1 atom stereocenters. The van der Waals surface area contributed by atoms with Crippen LogP contribution in [0.2, 0.25) is 0 Å². The van der Waals surface area contributed by atoms with Gasteiger partial charge in [-0.1, -0.05) is 0 Å². The smallest absolute Gasteiger partial charge is 0.237 e. The van der Waals surface area contributed by atoms with Gasteiger partial charge < -0.3 is 16.2 Å². The fourth-order valence-corrected chi connectivity index (χ4v) is 0.490. The Morgan fingerprint density at radius 2 is 2.18 bits per heavy atom. The quantitative estimate of drug-likeness (QED) is 0.505. The largest absolute Gasteiger partial charge is 0.392 e. The summed E-state index contributed by atoms with van der Waals surface area (Å²) in [7, 11) is 0. The van der Waals surface area contributed by atoms with Gasteiger partial charge in [-0.25, -0.2) is 0 Å². The van der Waals surface area contributed by atoms with Gasteiger partial charge in [-0.3, -0.25) is 4.79 Å². The Bertz CT molecular complexity index is 143. The highest BCUT2D eigenvalue weighted by molar-refractivity contribution is 5.83. The molecule has 4 nitrogen and oxygen atoms in total. The Hall–Kier alpha value is -0.610. The van der Waals surface area contributed by atoms with E-state index in [1.54, 1.807) is 20.8 Å². The molecule has 0 heterocycles. The number of nitrogens with one attached hydrogen (secondary N) is 1. The molecule has 0 aliphatic carbocycles. The minimum absolute atomic E-state index is 0.371. The molecule has 0 bridgehead atoms. The molecule has 0 unspecified atom stereocenters. The van der Waals surface area contributed by atoms with Gasteiger partial charge in [0, 0.05) is 6.54 Å². The normalized spacial score (nSPS) is 14.5. The Labute approximate surface area is 66.8 Å². The van der Waals surface area contributed by atoms with Crippen molar-refractivity contribution in [2.24, 2.45) is 5.73 Å². The van der Waals surface area contributed by atoms with Gasteiger partial charge in [0.05, 0.1) is 11.6 Å². The van der Waals surface area contributed by atoms with Crippen LogP contribution in [-0.2, 0) is 4.79 Å². The third-order valence-corrected chi connectivity index (χ3v) is 1.46. The predicted octanol–water partition coefficient (Wildman–Crippen LogP) is -0.779. The SMILES string of the molecule is C[C@H](O)CNC(C)(C)C(N)=O. The summed E-state index contributed by atoms with van der Waals surface area (Å²) in [6.07, 6.45) is -0.464. The van der Waals surface area contributed by atoms with E-state index in [0.717, 1.165) is 0 Å². The molecule has 4 N–H and O–H groups in total. The maximum atomic E-state index is 10.7. The number of aliphatic hydroxyl groups excluding tert-OH is 1. The van der Waals surface area contributed by atoms with Gasteiger partial charge in [0.2, 0.25) is 5.91 Å². The van der Waals surface area contributed by atoms with E-state index in [-0.39, 0.29) is 0 Å². The van der Waals surface area contributed by atoms with Gasteiger partial charge in [0.15, 0.2) is 0 Å². The number of amides is 1. The van der Waals surface area contributed by atoms with Crippen LogP contribution in [0.4, 0.5) is 0 Å². The van der Waals surface area contributed by atoms with Crippen LogP contribution in [0.5, 0.6) is 0 Å². The first-order valence-corrected chi connectivity index (χ1v) is 3.59. The molecule has 0 fully saturated rings. The zero-order valence-corrected chi connectivity index (χ0v) is 7.22. The molecule has 4 heteroatoms. The van der Waals surface area contributed by atoms with Crippen molar-refractivity contribution in [1.29, 1.82) is 0 Å². The third kappa shape index (κ3) is 3.95. The number of rotatable bonds is 4. The highest BCUT2D eigenvalue weighted by Gasteiger charge is 2.23. The van der Waals surface area contributed by atoms with E-state index < -0.39 is 17.6 Å². The van der Waals surface area contributed by atoms with E-state index >= 15 is 0 Å². The molecule has 66 valence electrons. The molecule has 0 spiro atoms. The van der Waals surface area contributed by atoms with Gasteiger partial charge in [-0.05, 0) is 20.8 Å². The molecular weight excluding hydrogens is 144 g/mol. The van der Waals surface area contributed by atoms with Gasteiger partial charge in [-0.15, -0.1) is 0 Å².